The SMILES string of the molecule is Fc1cccnc1OC[C@@]12CCCO[C@@H]1CCN(Cc1cccnc1)C2. The van der Waals surface area contributed by atoms with Crippen molar-refractivity contribution in [2.24, 2.45) is 5.41 Å². The topological polar surface area (TPSA) is 47.5 Å². The molecule has 0 aromatic carbocycles. The van der Waals surface area contributed by atoms with Crippen LogP contribution in [0.15, 0.2) is 42.9 Å². The van der Waals surface area contributed by atoms with Crippen LogP contribution in [-0.4, -0.2) is 47.3 Å². The summed E-state index contributed by atoms with van der Waals surface area (Å²) in [6.07, 6.45) is 8.42. The van der Waals surface area contributed by atoms with Crippen LogP contribution in [0.3, 0.4) is 0 Å². The van der Waals surface area contributed by atoms with Gasteiger partial charge in [-0.1, -0.05) is 6.07 Å². The lowest BCUT2D eigenvalue weighted by molar-refractivity contribution is -0.141. The Labute approximate surface area is 153 Å². The predicted molar refractivity (Wildman–Crippen MR) is 95.2 cm³/mol. The van der Waals surface area contributed by atoms with Crippen LogP contribution in [0, 0.1) is 11.2 Å². The zero-order chi connectivity index (χ0) is 17.8. The fraction of sp³-hybridized carbons (Fsp3) is 0.500. The van der Waals surface area contributed by atoms with E-state index in [1.807, 2.05) is 12.3 Å². The monoisotopic (exact) mass is 357 g/mol. The first-order chi connectivity index (χ1) is 12.8. The number of rotatable bonds is 5. The number of aromatic nitrogens is 2. The van der Waals surface area contributed by atoms with Crippen molar-refractivity contribution < 1.29 is 13.9 Å². The molecule has 2 aliphatic heterocycles. The van der Waals surface area contributed by atoms with E-state index >= 15 is 0 Å². The Hall–Kier alpha value is -2.05. The minimum Gasteiger partial charge on any atom is -0.475 e. The molecule has 0 saturated carbocycles. The van der Waals surface area contributed by atoms with E-state index in [1.165, 1.54) is 11.6 Å². The van der Waals surface area contributed by atoms with Gasteiger partial charge in [0.15, 0.2) is 5.82 Å². The van der Waals surface area contributed by atoms with Gasteiger partial charge in [0.25, 0.3) is 0 Å². The van der Waals surface area contributed by atoms with Crippen molar-refractivity contribution in [3.63, 3.8) is 0 Å². The van der Waals surface area contributed by atoms with Gasteiger partial charge in [0.1, 0.15) is 0 Å². The van der Waals surface area contributed by atoms with Gasteiger partial charge in [-0.25, -0.2) is 9.37 Å². The van der Waals surface area contributed by atoms with Crippen molar-refractivity contribution in [1.82, 2.24) is 14.9 Å². The van der Waals surface area contributed by atoms with Gasteiger partial charge in [0.05, 0.1) is 12.7 Å². The third-order valence-corrected chi connectivity index (χ3v) is 5.42. The van der Waals surface area contributed by atoms with Crippen LogP contribution in [-0.2, 0) is 11.3 Å². The van der Waals surface area contributed by atoms with Crippen LogP contribution in [0.1, 0.15) is 24.8 Å². The van der Waals surface area contributed by atoms with Gasteiger partial charge >= 0.3 is 0 Å². The molecule has 26 heavy (non-hydrogen) atoms. The number of pyridine rings is 2. The largest absolute Gasteiger partial charge is 0.475 e. The number of piperidine rings is 1. The molecule has 2 aromatic heterocycles. The highest BCUT2D eigenvalue weighted by atomic mass is 19.1. The van der Waals surface area contributed by atoms with Crippen molar-refractivity contribution in [2.75, 3.05) is 26.3 Å². The van der Waals surface area contributed by atoms with Gasteiger partial charge in [-0.05, 0) is 43.0 Å². The highest BCUT2D eigenvalue weighted by molar-refractivity contribution is 5.14. The third kappa shape index (κ3) is 3.71. The van der Waals surface area contributed by atoms with Crippen molar-refractivity contribution in [1.29, 1.82) is 0 Å². The molecule has 0 unspecified atom stereocenters. The van der Waals surface area contributed by atoms with Crippen LogP contribution in [0.5, 0.6) is 5.88 Å². The van der Waals surface area contributed by atoms with E-state index in [-0.39, 0.29) is 17.4 Å². The molecule has 0 amide bonds. The zero-order valence-electron chi connectivity index (χ0n) is 14.8. The molecule has 2 saturated heterocycles. The predicted octanol–water partition coefficient (Wildman–Crippen LogP) is 3.07. The maximum absolute atomic E-state index is 13.9. The molecular formula is C20H24FN3O2. The average molecular weight is 357 g/mol. The van der Waals surface area contributed by atoms with Crippen molar-refractivity contribution in [3.05, 3.63) is 54.2 Å². The maximum atomic E-state index is 13.9. The Morgan fingerprint density at radius 2 is 2.23 bits per heavy atom. The van der Waals surface area contributed by atoms with Gasteiger partial charge in [-0.3, -0.25) is 9.88 Å². The van der Waals surface area contributed by atoms with Gasteiger partial charge in [-0.15, -0.1) is 0 Å². The van der Waals surface area contributed by atoms with Gasteiger partial charge in [0, 0.05) is 50.2 Å². The van der Waals surface area contributed by atoms with Gasteiger partial charge in [0.2, 0.25) is 5.88 Å². The molecule has 2 fully saturated rings. The highest BCUT2D eigenvalue weighted by Crippen LogP contribution is 2.41. The van der Waals surface area contributed by atoms with E-state index in [9.17, 15) is 4.39 Å². The smallest absolute Gasteiger partial charge is 0.250 e. The second-order valence-electron chi connectivity index (χ2n) is 7.27. The van der Waals surface area contributed by atoms with Crippen LogP contribution >= 0.6 is 0 Å². The lowest BCUT2D eigenvalue weighted by atomic mass is 9.73. The molecule has 2 atom stereocenters. The summed E-state index contributed by atoms with van der Waals surface area (Å²) in [5, 5.41) is 0. The molecule has 4 heterocycles. The number of hydrogen-bond acceptors (Lipinski definition) is 5. The first kappa shape index (κ1) is 17.4. The summed E-state index contributed by atoms with van der Waals surface area (Å²) in [5.74, 6) is -0.337. The molecule has 138 valence electrons. The number of likely N-dealkylation sites (tertiary alicyclic amines) is 1. The second-order valence-corrected chi connectivity index (χ2v) is 7.27. The summed E-state index contributed by atoms with van der Waals surface area (Å²) in [5.41, 5.74) is 1.08. The molecular weight excluding hydrogens is 333 g/mol. The molecule has 2 aromatic rings. The van der Waals surface area contributed by atoms with E-state index < -0.39 is 5.82 Å². The number of hydrogen-bond donors (Lipinski definition) is 0. The standard InChI is InChI=1S/C20H24FN3O2/c21-17-5-2-9-23-19(17)26-15-20-7-3-11-25-18(20)6-10-24(14-20)13-16-4-1-8-22-12-16/h1-2,4-5,8-9,12,18H,3,6-7,10-11,13-15H2/t18-,20+/m1/s1. The molecule has 6 heteroatoms. The number of halogens is 1. The Kier molecular flexibility index (Phi) is 5.13. The fourth-order valence-electron chi connectivity index (χ4n) is 4.17. The summed E-state index contributed by atoms with van der Waals surface area (Å²) in [6, 6.07) is 7.02. The molecule has 5 nitrogen and oxygen atoms in total. The van der Waals surface area contributed by atoms with E-state index in [1.54, 1.807) is 18.5 Å². The van der Waals surface area contributed by atoms with Crippen LogP contribution < -0.4 is 4.74 Å². The minimum atomic E-state index is -0.416. The molecule has 2 aliphatic rings. The van der Waals surface area contributed by atoms with Crippen LogP contribution in [0.2, 0.25) is 0 Å². The number of nitrogens with zero attached hydrogens (tertiary/aromatic N) is 3. The summed E-state index contributed by atoms with van der Waals surface area (Å²) >= 11 is 0. The van der Waals surface area contributed by atoms with E-state index in [4.69, 9.17) is 9.47 Å². The van der Waals surface area contributed by atoms with Crippen molar-refractivity contribution in [3.8, 4) is 5.88 Å². The third-order valence-electron chi connectivity index (χ3n) is 5.42. The average Bonchev–Trinajstić information content (AvgIpc) is 2.68. The molecule has 0 spiro atoms. The summed E-state index contributed by atoms with van der Waals surface area (Å²) in [7, 11) is 0. The summed E-state index contributed by atoms with van der Waals surface area (Å²) in [6.45, 7) is 3.95. The van der Waals surface area contributed by atoms with Crippen molar-refractivity contribution >= 4 is 0 Å². The zero-order valence-corrected chi connectivity index (χ0v) is 14.8. The van der Waals surface area contributed by atoms with Crippen molar-refractivity contribution in [2.45, 2.75) is 31.9 Å². The highest BCUT2D eigenvalue weighted by Gasteiger charge is 2.46. The number of ether oxygens (including phenoxy) is 2. The summed E-state index contributed by atoms with van der Waals surface area (Å²) in [4.78, 5) is 10.7. The minimum absolute atomic E-state index is 0.0792. The fourth-order valence-corrected chi connectivity index (χ4v) is 4.17. The van der Waals surface area contributed by atoms with E-state index in [0.29, 0.717) is 6.61 Å². The molecule has 0 aliphatic carbocycles. The molecule has 0 bridgehead atoms. The molecule has 4 rings (SSSR count). The van der Waals surface area contributed by atoms with E-state index in [2.05, 4.69) is 20.9 Å². The molecule has 0 N–H and O–H groups in total. The Morgan fingerprint density at radius 1 is 1.31 bits per heavy atom. The van der Waals surface area contributed by atoms with Gasteiger partial charge < -0.3 is 9.47 Å². The second kappa shape index (κ2) is 7.68. The first-order valence-electron chi connectivity index (χ1n) is 9.21. The lowest BCUT2D eigenvalue weighted by Gasteiger charge is -2.50. The summed E-state index contributed by atoms with van der Waals surface area (Å²) < 4.78 is 25.8. The number of fused-ring (bicyclic) bond motifs is 1. The Balaban J connectivity index is 1.48. The van der Waals surface area contributed by atoms with Crippen LogP contribution in [0.25, 0.3) is 0 Å². The normalized spacial score (nSPS) is 26.3. The van der Waals surface area contributed by atoms with E-state index in [0.717, 1.165) is 45.5 Å². The maximum Gasteiger partial charge on any atom is 0.250 e. The van der Waals surface area contributed by atoms with Gasteiger partial charge in [-0.2, -0.15) is 0 Å². The quantitative estimate of drug-likeness (QED) is 0.823. The Bertz CT molecular complexity index is 730. The molecule has 0 radical (unpaired) electrons. The first-order valence-corrected chi connectivity index (χ1v) is 9.21. The lowest BCUT2D eigenvalue weighted by Crippen LogP contribution is -2.57. The Morgan fingerprint density at radius 3 is 3.08 bits per heavy atom. The van der Waals surface area contributed by atoms with Crippen LogP contribution in [0.4, 0.5) is 4.39 Å².